The fourth-order valence-electron chi connectivity index (χ4n) is 3.15. The zero-order valence-electron chi connectivity index (χ0n) is 15.1. The van der Waals surface area contributed by atoms with E-state index in [1.165, 1.54) is 0 Å². The maximum Gasteiger partial charge on any atom is 0.235 e. The molecule has 1 saturated heterocycles. The van der Waals surface area contributed by atoms with Crippen LogP contribution in [0.5, 0.6) is 5.75 Å². The van der Waals surface area contributed by atoms with E-state index in [1.807, 2.05) is 66.9 Å². The van der Waals surface area contributed by atoms with Crippen molar-refractivity contribution in [3.05, 3.63) is 81.8 Å². The molecule has 1 atom stereocenters. The number of hydrogen-bond donors (Lipinski definition) is 1. The summed E-state index contributed by atoms with van der Waals surface area (Å²) in [5, 5.41) is 6.03. The van der Waals surface area contributed by atoms with Gasteiger partial charge in [-0.25, -0.2) is 4.98 Å². The molecule has 0 radical (unpaired) electrons. The summed E-state index contributed by atoms with van der Waals surface area (Å²) in [7, 11) is 0. The van der Waals surface area contributed by atoms with Crippen LogP contribution in [-0.4, -0.2) is 22.3 Å². The van der Waals surface area contributed by atoms with Crippen molar-refractivity contribution < 1.29 is 9.53 Å². The number of benzene rings is 2. The molecule has 0 bridgehead atoms. The topological polar surface area (TPSA) is 54.5 Å². The molecule has 1 N–H and O–H groups in total. The van der Waals surface area contributed by atoms with Gasteiger partial charge in [0.1, 0.15) is 18.5 Å². The second-order valence-corrected chi connectivity index (χ2v) is 7.65. The van der Waals surface area contributed by atoms with Crippen LogP contribution >= 0.6 is 11.3 Å². The predicted molar refractivity (Wildman–Crippen MR) is 105 cm³/mol. The standard InChI is InChI=1S/C21H21N3O2S/c1-15-22-19(14-27-15)21-23-20(25)12-24(21)11-16-7-9-18(10-8-16)26-13-17-5-3-2-4-6-17/h2-10,14,21H,11-13H2,1H3,(H,23,25). The zero-order valence-corrected chi connectivity index (χ0v) is 15.9. The fraction of sp³-hybridized carbons (Fsp3) is 0.238. The molecule has 1 aromatic heterocycles. The van der Waals surface area contributed by atoms with E-state index in [0.717, 1.165) is 27.6 Å². The Morgan fingerprint density at radius 3 is 2.63 bits per heavy atom. The number of thiazole rings is 1. The van der Waals surface area contributed by atoms with Gasteiger partial charge in [-0.3, -0.25) is 9.69 Å². The van der Waals surface area contributed by atoms with Crippen LogP contribution in [0, 0.1) is 6.92 Å². The van der Waals surface area contributed by atoms with Gasteiger partial charge in [0, 0.05) is 11.9 Å². The molecule has 2 aromatic carbocycles. The Labute approximate surface area is 162 Å². The first-order valence-electron chi connectivity index (χ1n) is 8.88. The number of carbonyl (C=O) groups is 1. The first-order valence-corrected chi connectivity index (χ1v) is 9.76. The molecule has 2 heterocycles. The molecule has 1 aliphatic rings. The SMILES string of the molecule is Cc1nc(C2NC(=O)CN2Cc2ccc(OCc3ccccc3)cc2)cs1. The van der Waals surface area contributed by atoms with E-state index in [2.05, 4.69) is 15.2 Å². The van der Waals surface area contributed by atoms with Gasteiger partial charge < -0.3 is 10.1 Å². The second kappa shape index (κ2) is 7.90. The summed E-state index contributed by atoms with van der Waals surface area (Å²) in [5.41, 5.74) is 3.19. The maximum absolute atomic E-state index is 11.9. The van der Waals surface area contributed by atoms with Gasteiger partial charge in [0.05, 0.1) is 17.2 Å². The molecule has 3 aromatic rings. The van der Waals surface area contributed by atoms with Crippen LogP contribution in [0.2, 0.25) is 0 Å². The molecule has 1 fully saturated rings. The Bertz CT molecular complexity index is 909. The third-order valence-corrected chi connectivity index (χ3v) is 5.28. The van der Waals surface area contributed by atoms with Gasteiger partial charge in [-0.15, -0.1) is 11.3 Å². The smallest absolute Gasteiger partial charge is 0.235 e. The number of nitrogens with zero attached hydrogens (tertiary/aromatic N) is 2. The van der Waals surface area contributed by atoms with Crippen molar-refractivity contribution in [3.63, 3.8) is 0 Å². The first-order chi connectivity index (χ1) is 13.2. The Kier molecular flexibility index (Phi) is 5.18. The number of rotatable bonds is 6. The molecule has 5 nitrogen and oxygen atoms in total. The van der Waals surface area contributed by atoms with Gasteiger partial charge in [0.2, 0.25) is 5.91 Å². The summed E-state index contributed by atoms with van der Waals surface area (Å²) in [4.78, 5) is 18.5. The van der Waals surface area contributed by atoms with E-state index in [-0.39, 0.29) is 12.1 Å². The molecule has 1 unspecified atom stereocenters. The van der Waals surface area contributed by atoms with E-state index in [1.54, 1.807) is 11.3 Å². The lowest BCUT2D eigenvalue weighted by Gasteiger charge is -2.21. The summed E-state index contributed by atoms with van der Waals surface area (Å²) < 4.78 is 5.84. The van der Waals surface area contributed by atoms with Crippen LogP contribution in [-0.2, 0) is 17.9 Å². The molecule has 1 aliphatic heterocycles. The molecular formula is C21H21N3O2S. The van der Waals surface area contributed by atoms with Gasteiger partial charge in [0.15, 0.2) is 0 Å². The summed E-state index contributed by atoms with van der Waals surface area (Å²) in [6, 6.07) is 18.2. The average Bonchev–Trinajstić information content (AvgIpc) is 3.27. The summed E-state index contributed by atoms with van der Waals surface area (Å²) in [6.45, 7) is 3.59. The highest BCUT2D eigenvalue weighted by Crippen LogP contribution is 2.26. The van der Waals surface area contributed by atoms with Gasteiger partial charge >= 0.3 is 0 Å². The number of nitrogens with one attached hydrogen (secondary N) is 1. The lowest BCUT2D eigenvalue weighted by atomic mass is 10.2. The van der Waals surface area contributed by atoms with Crippen molar-refractivity contribution >= 4 is 17.2 Å². The summed E-state index contributed by atoms with van der Waals surface area (Å²) in [6.07, 6.45) is -0.156. The lowest BCUT2D eigenvalue weighted by molar-refractivity contribution is -0.118. The number of amides is 1. The van der Waals surface area contributed by atoms with Gasteiger partial charge in [0.25, 0.3) is 0 Å². The van der Waals surface area contributed by atoms with Gasteiger partial charge in [-0.05, 0) is 30.2 Å². The van der Waals surface area contributed by atoms with E-state index >= 15 is 0 Å². The van der Waals surface area contributed by atoms with Crippen molar-refractivity contribution in [2.45, 2.75) is 26.2 Å². The molecule has 4 rings (SSSR count). The largest absolute Gasteiger partial charge is 0.489 e. The van der Waals surface area contributed by atoms with Crippen molar-refractivity contribution in [3.8, 4) is 5.75 Å². The summed E-state index contributed by atoms with van der Waals surface area (Å²) in [5.74, 6) is 0.873. The number of carbonyl (C=O) groups excluding carboxylic acids is 1. The number of aromatic nitrogens is 1. The predicted octanol–water partition coefficient (Wildman–Crippen LogP) is 3.66. The Balaban J connectivity index is 1.39. The molecule has 27 heavy (non-hydrogen) atoms. The van der Waals surface area contributed by atoms with Crippen molar-refractivity contribution in [1.29, 1.82) is 0 Å². The Morgan fingerprint density at radius 2 is 1.93 bits per heavy atom. The monoisotopic (exact) mass is 379 g/mol. The van der Waals surface area contributed by atoms with E-state index < -0.39 is 0 Å². The minimum Gasteiger partial charge on any atom is -0.489 e. The molecule has 138 valence electrons. The normalized spacial score (nSPS) is 17.1. The highest BCUT2D eigenvalue weighted by atomic mass is 32.1. The number of hydrogen-bond acceptors (Lipinski definition) is 5. The Hall–Kier alpha value is -2.70. The van der Waals surface area contributed by atoms with Crippen molar-refractivity contribution in [2.75, 3.05) is 6.54 Å². The Morgan fingerprint density at radius 1 is 1.15 bits per heavy atom. The molecule has 0 saturated carbocycles. The number of ether oxygens (including phenoxy) is 1. The minimum atomic E-state index is -0.156. The molecular weight excluding hydrogens is 358 g/mol. The van der Waals surface area contributed by atoms with Crippen LogP contribution in [0.25, 0.3) is 0 Å². The minimum absolute atomic E-state index is 0.0356. The lowest BCUT2D eigenvalue weighted by Crippen LogP contribution is -2.27. The van der Waals surface area contributed by atoms with Gasteiger partial charge in [-0.2, -0.15) is 0 Å². The fourth-order valence-corrected chi connectivity index (χ4v) is 3.78. The van der Waals surface area contributed by atoms with Crippen LogP contribution in [0.1, 0.15) is 28.0 Å². The third-order valence-electron chi connectivity index (χ3n) is 4.48. The second-order valence-electron chi connectivity index (χ2n) is 6.58. The molecule has 6 heteroatoms. The highest BCUT2D eigenvalue weighted by molar-refractivity contribution is 7.09. The van der Waals surface area contributed by atoms with Crippen LogP contribution < -0.4 is 10.1 Å². The maximum atomic E-state index is 11.9. The molecule has 0 spiro atoms. The van der Waals surface area contributed by atoms with Crippen LogP contribution in [0.4, 0.5) is 0 Å². The van der Waals surface area contributed by atoms with Crippen molar-refractivity contribution in [1.82, 2.24) is 15.2 Å². The molecule has 1 amide bonds. The zero-order chi connectivity index (χ0) is 18.6. The van der Waals surface area contributed by atoms with E-state index in [0.29, 0.717) is 19.7 Å². The third kappa shape index (κ3) is 4.35. The van der Waals surface area contributed by atoms with Crippen LogP contribution in [0.15, 0.2) is 60.0 Å². The van der Waals surface area contributed by atoms with Gasteiger partial charge in [-0.1, -0.05) is 42.5 Å². The molecule has 0 aliphatic carbocycles. The number of aryl methyl sites for hydroxylation is 1. The van der Waals surface area contributed by atoms with E-state index in [9.17, 15) is 4.79 Å². The first kappa shape index (κ1) is 17.7. The average molecular weight is 379 g/mol. The summed E-state index contributed by atoms with van der Waals surface area (Å²) >= 11 is 1.60. The van der Waals surface area contributed by atoms with Crippen LogP contribution in [0.3, 0.4) is 0 Å². The van der Waals surface area contributed by atoms with E-state index in [4.69, 9.17) is 4.74 Å². The van der Waals surface area contributed by atoms with Crippen molar-refractivity contribution in [2.24, 2.45) is 0 Å². The highest BCUT2D eigenvalue weighted by Gasteiger charge is 2.32. The quantitative estimate of drug-likeness (QED) is 0.710.